The summed E-state index contributed by atoms with van der Waals surface area (Å²) in [6.07, 6.45) is 0.962. The normalized spacial score (nSPS) is 14.0. The average Bonchev–Trinajstić information content (AvgIpc) is 2.65. The van der Waals surface area contributed by atoms with Crippen molar-refractivity contribution in [2.24, 2.45) is 5.73 Å². The molecule has 1 aromatic rings. The summed E-state index contributed by atoms with van der Waals surface area (Å²) in [5.74, 6) is 1.02. The van der Waals surface area contributed by atoms with Crippen LogP contribution in [0.3, 0.4) is 0 Å². The maximum absolute atomic E-state index is 6.09. The number of benzene rings is 1. The number of fused-ring (bicyclic) bond motifs is 1. The topological polar surface area (TPSA) is 38.5 Å². The van der Waals surface area contributed by atoms with Crippen LogP contribution in [-0.2, 0) is 13.0 Å². The number of nitrogens with zero attached hydrogens (tertiary/aromatic N) is 1. The Morgan fingerprint density at radius 3 is 3.06 bits per heavy atom. The number of rotatable bonds is 4. The van der Waals surface area contributed by atoms with Gasteiger partial charge in [-0.15, -0.1) is 0 Å². The van der Waals surface area contributed by atoms with Crippen molar-refractivity contribution in [3.63, 3.8) is 0 Å². The second-order valence-corrected chi connectivity index (χ2v) is 4.61. The quantitative estimate of drug-likeness (QED) is 0.870. The Morgan fingerprint density at radius 1 is 1.50 bits per heavy atom. The lowest BCUT2D eigenvalue weighted by atomic mass is 10.1. The first-order valence-electron chi connectivity index (χ1n) is 5.53. The van der Waals surface area contributed by atoms with E-state index in [1.165, 1.54) is 5.56 Å². The Morgan fingerprint density at radius 2 is 2.31 bits per heavy atom. The third-order valence-corrected chi connectivity index (χ3v) is 2.99. The Hall–Kier alpha value is -0.770. The lowest BCUT2D eigenvalue weighted by Crippen LogP contribution is -2.25. The van der Waals surface area contributed by atoms with E-state index >= 15 is 0 Å². The second kappa shape index (κ2) is 5.04. The standard InChI is InChI=1S/C12H17ClN2O/c1-15(4-3-14)8-10-7-11(13)6-9-2-5-16-12(9)10/h6-7H,2-5,8,14H2,1H3. The highest BCUT2D eigenvalue weighted by atomic mass is 35.5. The molecule has 1 aliphatic heterocycles. The van der Waals surface area contributed by atoms with Gasteiger partial charge in [0.25, 0.3) is 0 Å². The number of ether oxygens (including phenoxy) is 1. The largest absolute Gasteiger partial charge is 0.493 e. The molecular weight excluding hydrogens is 224 g/mol. The minimum absolute atomic E-state index is 0.667. The lowest BCUT2D eigenvalue weighted by molar-refractivity contribution is 0.316. The summed E-state index contributed by atoms with van der Waals surface area (Å²) in [5.41, 5.74) is 7.92. The van der Waals surface area contributed by atoms with Gasteiger partial charge in [0.1, 0.15) is 5.75 Å². The number of halogens is 1. The fraction of sp³-hybridized carbons (Fsp3) is 0.500. The molecule has 1 heterocycles. The van der Waals surface area contributed by atoms with Crippen LogP contribution in [-0.4, -0.2) is 31.6 Å². The zero-order chi connectivity index (χ0) is 11.5. The van der Waals surface area contributed by atoms with Gasteiger partial charge in [-0.25, -0.2) is 0 Å². The fourth-order valence-electron chi connectivity index (χ4n) is 2.05. The summed E-state index contributed by atoms with van der Waals surface area (Å²) in [7, 11) is 2.05. The minimum atomic E-state index is 0.667. The molecule has 0 bridgehead atoms. The molecule has 3 nitrogen and oxygen atoms in total. The van der Waals surface area contributed by atoms with E-state index in [2.05, 4.69) is 11.9 Å². The van der Waals surface area contributed by atoms with Gasteiger partial charge in [-0.05, 0) is 24.7 Å². The number of hydrogen-bond acceptors (Lipinski definition) is 3. The van der Waals surface area contributed by atoms with Crippen LogP contribution in [0.5, 0.6) is 5.75 Å². The molecule has 0 radical (unpaired) electrons. The van der Waals surface area contributed by atoms with Gasteiger partial charge in [0.2, 0.25) is 0 Å². The highest BCUT2D eigenvalue weighted by molar-refractivity contribution is 6.30. The first-order chi connectivity index (χ1) is 7.70. The molecule has 1 aliphatic rings. The number of nitrogens with two attached hydrogens (primary N) is 1. The van der Waals surface area contributed by atoms with Crippen LogP contribution in [0.4, 0.5) is 0 Å². The molecule has 88 valence electrons. The summed E-state index contributed by atoms with van der Waals surface area (Å²) < 4.78 is 5.65. The van der Waals surface area contributed by atoms with Gasteiger partial charge < -0.3 is 15.4 Å². The molecular formula is C12H17ClN2O. The molecule has 0 saturated carbocycles. The van der Waals surface area contributed by atoms with Crippen molar-refractivity contribution in [3.8, 4) is 5.75 Å². The molecule has 2 N–H and O–H groups in total. The molecule has 0 spiro atoms. The Balaban J connectivity index is 2.20. The predicted octanol–water partition coefficient (Wildman–Crippen LogP) is 1.67. The molecule has 0 atom stereocenters. The van der Waals surface area contributed by atoms with Crippen molar-refractivity contribution in [1.29, 1.82) is 0 Å². The van der Waals surface area contributed by atoms with Crippen LogP contribution in [0.15, 0.2) is 12.1 Å². The predicted molar refractivity (Wildman–Crippen MR) is 66.0 cm³/mol. The third-order valence-electron chi connectivity index (χ3n) is 2.78. The van der Waals surface area contributed by atoms with Crippen molar-refractivity contribution in [1.82, 2.24) is 4.90 Å². The first kappa shape index (κ1) is 11.7. The molecule has 0 fully saturated rings. The first-order valence-corrected chi connectivity index (χ1v) is 5.91. The number of hydrogen-bond donors (Lipinski definition) is 1. The molecule has 0 saturated heterocycles. The summed E-state index contributed by atoms with van der Waals surface area (Å²) in [6, 6.07) is 3.98. The third kappa shape index (κ3) is 2.48. The van der Waals surface area contributed by atoms with Crippen LogP contribution in [0, 0.1) is 0 Å². The van der Waals surface area contributed by atoms with Crippen molar-refractivity contribution in [3.05, 3.63) is 28.3 Å². The maximum Gasteiger partial charge on any atom is 0.127 e. The van der Waals surface area contributed by atoms with Crippen molar-refractivity contribution in [2.75, 3.05) is 26.7 Å². The highest BCUT2D eigenvalue weighted by Gasteiger charge is 2.18. The van der Waals surface area contributed by atoms with Crippen molar-refractivity contribution >= 4 is 11.6 Å². The summed E-state index contributed by atoms with van der Waals surface area (Å²) in [6.45, 7) is 3.14. The molecule has 0 unspecified atom stereocenters. The van der Waals surface area contributed by atoms with E-state index in [1.807, 2.05) is 12.1 Å². The van der Waals surface area contributed by atoms with Gasteiger partial charge in [-0.2, -0.15) is 0 Å². The van der Waals surface area contributed by atoms with E-state index in [0.29, 0.717) is 6.54 Å². The van der Waals surface area contributed by atoms with Crippen LogP contribution >= 0.6 is 11.6 Å². The summed E-state index contributed by atoms with van der Waals surface area (Å²) in [5, 5.41) is 0.792. The number of likely N-dealkylation sites (N-methyl/N-ethyl adjacent to an activating group) is 1. The van der Waals surface area contributed by atoms with E-state index in [9.17, 15) is 0 Å². The van der Waals surface area contributed by atoms with E-state index in [4.69, 9.17) is 22.1 Å². The van der Waals surface area contributed by atoms with Gasteiger partial charge in [0, 0.05) is 36.6 Å². The highest BCUT2D eigenvalue weighted by Crippen LogP contribution is 2.33. The fourth-order valence-corrected chi connectivity index (χ4v) is 2.32. The molecule has 0 aliphatic carbocycles. The Kier molecular flexibility index (Phi) is 3.69. The van der Waals surface area contributed by atoms with Crippen molar-refractivity contribution in [2.45, 2.75) is 13.0 Å². The van der Waals surface area contributed by atoms with E-state index < -0.39 is 0 Å². The van der Waals surface area contributed by atoms with Gasteiger partial charge in [0.05, 0.1) is 6.61 Å². The smallest absolute Gasteiger partial charge is 0.127 e. The van der Waals surface area contributed by atoms with Crippen molar-refractivity contribution < 1.29 is 4.74 Å². The van der Waals surface area contributed by atoms with Gasteiger partial charge >= 0.3 is 0 Å². The minimum Gasteiger partial charge on any atom is -0.493 e. The Labute approximate surface area is 101 Å². The maximum atomic E-state index is 6.09. The van der Waals surface area contributed by atoms with Gasteiger partial charge in [-0.3, -0.25) is 0 Å². The molecule has 0 aromatic heterocycles. The van der Waals surface area contributed by atoms with E-state index in [-0.39, 0.29) is 0 Å². The molecule has 0 amide bonds. The van der Waals surface area contributed by atoms with Crippen LogP contribution in [0.1, 0.15) is 11.1 Å². The SMILES string of the molecule is CN(CCN)Cc1cc(Cl)cc2c1OCC2. The summed E-state index contributed by atoms with van der Waals surface area (Å²) >= 11 is 6.09. The Bertz CT molecular complexity index is 382. The summed E-state index contributed by atoms with van der Waals surface area (Å²) in [4.78, 5) is 2.17. The van der Waals surface area contributed by atoms with E-state index in [0.717, 1.165) is 42.5 Å². The van der Waals surface area contributed by atoms with Gasteiger partial charge in [0.15, 0.2) is 0 Å². The lowest BCUT2D eigenvalue weighted by Gasteiger charge is -2.17. The zero-order valence-corrected chi connectivity index (χ0v) is 10.3. The molecule has 16 heavy (non-hydrogen) atoms. The monoisotopic (exact) mass is 240 g/mol. The van der Waals surface area contributed by atoms with Crippen LogP contribution in [0.2, 0.25) is 5.02 Å². The zero-order valence-electron chi connectivity index (χ0n) is 9.50. The molecule has 1 aromatic carbocycles. The molecule has 2 rings (SSSR count). The average molecular weight is 241 g/mol. The van der Waals surface area contributed by atoms with Gasteiger partial charge in [-0.1, -0.05) is 11.6 Å². The second-order valence-electron chi connectivity index (χ2n) is 4.18. The van der Waals surface area contributed by atoms with E-state index in [1.54, 1.807) is 0 Å². The molecule has 4 heteroatoms. The van der Waals surface area contributed by atoms with Crippen LogP contribution < -0.4 is 10.5 Å². The van der Waals surface area contributed by atoms with Crippen LogP contribution in [0.25, 0.3) is 0 Å².